The summed E-state index contributed by atoms with van der Waals surface area (Å²) in [6.45, 7) is 4.46. The van der Waals surface area contributed by atoms with Crippen molar-refractivity contribution in [3.8, 4) is 11.4 Å². The summed E-state index contributed by atoms with van der Waals surface area (Å²) in [4.78, 5) is 3.99. The van der Waals surface area contributed by atoms with Crippen LogP contribution in [0.15, 0.2) is 42.3 Å². The fourth-order valence-electron chi connectivity index (χ4n) is 1.45. The fourth-order valence-corrected chi connectivity index (χ4v) is 1.95. The van der Waals surface area contributed by atoms with Crippen molar-refractivity contribution in [3.63, 3.8) is 0 Å². The summed E-state index contributed by atoms with van der Waals surface area (Å²) >= 11 is 1.58. The molecule has 0 aliphatic carbocycles. The minimum atomic E-state index is 0.709. The van der Waals surface area contributed by atoms with E-state index < -0.39 is 0 Å². The molecule has 0 fully saturated rings. The number of aromatic nitrogens is 4. The van der Waals surface area contributed by atoms with Crippen LogP contribution >= 0.6 is 11.8 Å². The van der Waals surface area contributed by atoms with E-state index in [1.807, 2.05) is 29.0 Å². The highest BCUT2D eigenvalue weighted by Crippen LogP contribution is 2.21. The molecule has 4 nitrogen and oxygen atoms in total. The van der Waals surface area contributed by atoms with E-state index >= 15 is 0 Å². The van der Waals surface area contributed by atoms with E-state index in [0.717, 1.165) is 16.5 Å². The second-order valence-corrected chi connectivity index (χ2v) is 3.92. The molecule has 0 radical (unpaired) electrons. The molecule has 0 aliphatic rings. The van der Waals surface area contributed by atoms with Gasteiger partial charge >= 0.3 is 0 Å². The van der Waals surface area contributed by atoms with Crippen molar-refractivity contribution >= 4 is 11.8 Å². The van der Waals surface area contributed by atoms with Gasteiger partial charge in [0.1, 0.15) is 0 Å². The molecule has 0 saturated heterocycles. The second-order valence-electron chi connectivity index (χ2n) is 3.15. The van der Waals surface area contributed by atoms with Gasteiger partial charge in [0.15, 0.2) is 11.0 Å². The Hall–Kier alpha value is -1.62. The van der Waals surface area contributed by atoms with E-state index in [9.17, 15) is 0 Å². The molecule has 0 N–H and O–H groups in total. The zero-order valence-electron chi connectivity index (χ0n) is 9.00. The summed E-state index contributed by atoms with van der Waals surface area (Å²) < 4.78 is 2.03. The summed E-state index contributed by atoms with van der Waals surface area (Å²) in [7, 11) is 0. The zero-order chi connectivity index (χ0) is 11.4. The van der Waals surface area contributed by atoms with Gasteiger partial charge in [-0.25, -0.2) is 0 Å². The number of hydrogen-bond donors (Lipinski definition) is 0. The Balaban J connectivity index is 2.48. The number of pyridine rings is 1. The highest BCUT2D eigenvalue weighted by molar-refractivity contribution is 7.98. The standard InChI is InChI=1S/C11H12N4S/c1-3-8-15-10(13-14-11(15)16-2)9-4-6-12-7-5-9/h3-7H,1,8H2,2H3. The molecule has 0 saturated carbocycles. The first-order chi connectivity index (χ1) is 7.86. The molecule has 2 rings (SSSR count). The molecule has 82 valence electrons. The fraction of sp³-hybridized carbons (Fsp3) is 0.182. The molecule has 2 aromatic heterocycles. The minimum absolute atomic E-state index is 0.709. The number of thioether (sulfide) groups is 1. The molecule has 0 bridgehead atoms. The molecule has 0 aromatic carbocycles. The third-order valence-corrected chi connectivity index (χ3v) is 2.82. The van der Waals surface area contributed by atoms with E-state index in [2.05, 4.69) is 21.8 Å². The van der Waals surface area contributed by atoms with E-state index in [1.165, 1.54) is 0 Å². The molecule has 2 heterocycles. The van der Waals surface area contributed by atoms with E-state index in [1.54, 1.807) is 24.2 Å². The molecule has 0 atom stereocenters. The van der Waals surface area contributed by atoms with Crippen LogP contribution in [-0.4, -0.2) is 26.0 Å². The quantitative estimate of drug-likeness (QED) is 0.599. The largest absolute Gasteiger partial charge is 0.298 e. The first-order valence-corrected chi connectivity index (χ1v) is 6.07. The van der Waals surface area contributed by atoms with Crippen molar-refractivity contribution in [2.75, 3.05) is 6.26 Å². The normalized spacial score (nSPS) is 10.3. The van der Waals surface area contributed by atoms with Crippen LogP contribution in [0.2, 0.25) is 0 Å². The lowest BCUT2D eigenvalue weighted by Crippen LogP contribution is -2.00. The average Bonchev–Trinajstić information content (AvgIpc) is 2.74. The van der Waals surface area contributed by atoms with Crippen molar-refractivity contribution in [3.05, 3.63) is 37.2 Å². The van der Waals surface area contributed by atoms with Gasteiger partial charge in [-0.15, -0.1) is 16.8 Å². The molecule has 5 heteroatoms. The van der Waals surface area contributed by atoms with Crippen LogP contribution < -0.4 is 0 Å². The number of allylic oxidation sites excluding steroid dienone is 1. The van der Waals surface area contributed by atoms with Gasteiger partial charge < -0.3 is 0 Å². The first-order valence-electron chi connectivity index (χ1n) is 4.85. The molecular formula is C11H12N4S. The van der Waals surface area contributed by atoms with Gasteiger partial charge in [0, 0.05) is 24.5 Å². The SMILES string of the molecule is C=CCn1c(SC)nnc1-c1ccncc1. The molecule has 0 amide bonds. The second kappa shape index (κ2) is 4.94. The van der Waals surface area contributed by atoms with E-state index in [4.69, 9.17) is 0 Å². The zero-order valence-corrected chi connectivity index (χ0v) is 9.81. The van der Waals surface area contributed by atoms with Crippen LogP contribution in [0.5, 0.6) is 0 Å². The third-order valence-electron chi connectivity index (χ3n) is 2.15. The lowest BCUT2D eigenvalue weighted by molar-refractivity contribution is 0.732. The van der Waals surface area contributed by atoms with E-state index in [0.29, 0.717) is 6.54 Å². The van der Waals surface area contributed by atoms with Gasteiger partial charge in [0.25, 0.3) is 0 Å². The molecule has 0 unspecified atom stereocenters. The van der Waals surface area contributed by atoms with Crippen molar-refractivity contribution < 1.29 is 0 Å². The Morgan fingerprint density at radius 1 is 1.38 bits per heavy atom. The van der Waals surface area contributed by atoms with Crippen LogP contribution in [0.1, 0.15) is 0 Å². The molecule has 16 heavy (non-hydrogen) atoms. The number of nitrogens with zero attached hydrogens (tertiary/aromatic N) is 4. The highest BCUT2D eigenvalue weighted by atomic mass is 32.2. The number of hydrogen-bond acceptors (Lipinski definition) is 4. The van der Waals surface area contributed by atoms with Crippen LogP contribution in [0.4, 0.5) is 0 Å². The summed E-state index contributed by atoms with van der Waals surface area (Å²) in [6.07, 6.45) is 7.33. The Labute approximate surface area is 98.4 Å². The van der Waals surface area contributed by atoms with E-state index in [-0.39, 0.29) is 0 Å². The van der Waals surface area contributed by atoms with Crippen LogP contribution in [0, 0.1) is 0 Å². The smallest absolute Gasteiger partial charge is 0.191 e. The van der Waals surface area contributed by atoms with Gasteiger partial charge in [-0.2, -0.15) is 0 Å². The van der Waals surface area contributed by atoms with Gasteiger partial charge in [-0.1, -0.05) is 17.8 Å². The molecule has 0 spiro atoms. The van der Waals surface area contributed by atoms with Crippen molar-refractivity contribution in [1.29, 1.82) is 0 Å². The Morgan fingerprint density at radius 3 is 2.75 bits per heavy atom. The van der Waals surface area contributed by atoms with Crippen molar-refractivity contribution in [2.45, 2.75) is 11.7 Å². The predicted molar refractivity (Wildman–Crippen MR) is 65.2 cm³/mol. The average molecular weight is 232 g/mol. The van der Waals surface area contributed by atoms with Gasteiger partial charge in [-0.05, 0) is 18.4 Å². The van der Waals surface area contributed by atoms with Crippen molar-refractivity contribution in [1.82, 2.24) is 19.7 Å². The summed E-state index contributed by atoms with van der Waals surface area (Å²) in [5, 5.41) is 9.22. The summed E-state index contributed by atoms with van der Waals surface area (Å²) in [5.74, 6) is 0.853. The van der Waals surface area contributed by atoms with Crippen LogP contribution in [0.3, 0.4) is 0 Å². The lowest BCUT2D eigenvalue weighted by Gasteiger charge is -2.05. The highest BCUT2D eigenvalue weighted by Gasteiger charge is 2.11. The van der Waals surface area contributed by atoms with Crippen LogP contribution in [0.25, 0.3) is 11.4 Å². The maximum atomic E-state index is 4.19. The third kappa shape index (κ3) is 1.99. The molecule has 0 aliphatic heterocycles. The number of rotatable bonds is 4. The molecule has 2 aromatic rings. The topological polar surface area (TPSA) is 43.6 Å². The lowest BCUT2D eigenvalue weighted by atomic mass is 10.2. The van der Waals surface area contributed by atoms with Crippen LogP contribution in [-0.2, 0) is 6.54 Å². The Morgan fingerprint density at radius 2 is 2.12 bits per heavy atom. The van der Waals surface area contributed by atoms with Gasteiger partial charge in [0.05, 0.1) is 0 Å². The van der Waals surface area contributed by atoms with Crippen molar-refractivity contribution in [2.24, 2.45) is 0 Å². The maximum absolute atomic E-state index is 4.19. The monoisotopic (exact) mass is 232 g/mol. The Bertz CT molecular complexity index is 478. The maximum Gasteiger partial charge on any atom is 0.191 e. The van der Waals surface area contributed by atoms with Gasteiger partial charge in [-0.3, -0.25) is 9.55 Å². The predicted octanol–water partition coefficient (Wildman–Crippen LogP) is 2.25. The first kappa shape index (κ1) is 10.9. The Kier molecular flexibility index (Phi) is 3.36. The summed E-state index contributed by atoms with van der Waals surface area (Å²) in [6, 6.07) is 3.85. The van der Waals surface area contributed by atoms with Gasteiger partial charge in [0.2, 0.25) is 0 Å². The molecular weight excluding hydrogens is 220 g/mol. The minimum Gasteiger partial charge on any atom is -0.298 e. The summed E-state index contributed by atoms with van der Waals surface area (Å²) in [5.41, 5.74) is 1.02.